The van der Waals surface area contributed by atoms with E-state index in [4.69, 9.17) is 13.0 Å². The zero-order valence-corrected chi connectivity index (χ0v) is 17.9. The molecule has 0 spiro atoms. The van der Waals surface area contributed by atoms with Crippen molar-refractivity contribution in [3.05, 3.63) is 90.5 Å². The van der Waals surface area contributed by atoms with Crippen molar-refractivity contribution in [3.63, 3.8) is 0 Å². The van der Waals surface area contributed by atoms with Gasteiger partial charge in [-0.15, -0.1) is 0 Å². The molecule has 0 N–H and O–H groups in total. The average molecular weight is 527 g/mol. The first-order valence-electron chi connectivity index (χ1n) is 8.34. The summed E-state index contributed by atoms with van der Waals surface area (Å²) in [7, 11) is -6.09. The number of rotatable bonds is 3. The van der Waals surface area contributed by atoms with E-state index in [1.807, 2.05) is 60.7 Å². The molecule has 166 valence electrons. The van der Waals surface area contributed by atoms with E-state index in [1.54, 1.807) is 6.07 Å². The van der Waals surface area contributed by atoms with Crippen LogP contribution in [0.4, 0.5) is 26.3 Å². The molecule has 0 aromatic heterocycles. The Bertz CT molecular complexity index is 1050. The first-order valence-corrected chi connectivity index (χ1v) is 12.3. The summed E-state index contributed by atoms with van der Waals surface area (Å²) in [6.07, 6.45) is -4.32. The molecule has 0 amide bonds. The second kappa shape index (κ2) is 9.86. The van der Waals surface area contributed by atoms with Crippen LogP contribution in [0.3, 0.4) is 0 Å². The Morgan fingerprint density at radius 2 is 1.03 bits per heavy atom. The Labute approximate surface area is 179 Å². The summed E-state index contributed by atoms with van der Waals surface area (Å²) < 4.78 is 101. The van der Waals surface area contributed by atoms with Gasteiger partial charge in [-0.3, -0.25) is 0 Å². The van der Waals surface area contributed by atoms with E-state index in [0.717, 1.165) is 19.5 Å². The molecule has 0 aliphatic rings. The van der Waals surface area contributed by atoms with Crippen LogP contribution in [0.5, 0.6) is 0 Å². The zero-order chi connectivity index (χ0) is 23.3. The van der Waals surface area contributed by atoms with Gasteiger partial charge in [0.25, 0.3) is 0 Å². The van der Waals surface area contributed by atoms with Gasteiger partial charge in [-0.25, -0.2) is 8.42 Å². The van der Waals surface area contributed by atoms with Gasteiger partial charge in [0.1, 0.15) is 0 Å². The molecular weight excluding hydrogens is 513 g/mol. The fourth-order valence-corrected chi connectivity index (χ4v) is 6.80. The van der Waals surface area contributed by atoms with Crippen LogP contribution >= 0.6 is 0 Å². The molecule has 0 radical (unpaired) electrons. The van der Waals surface area contributed by atoms with Crippen molar-refractivity contribution >= 4 is 37.4 Å². The molecule has 3 aromatic rings. The van der Waals surface area contributed by atoms with E-state index >= 15 is 0 Å². The first kappa shape index (κ1) is 24.9. The van der Waals surface area contributed by atoms with Crippen molar-refractivity contribution in [2.24, 2.45) is 0 Å². The predicted octanol–water partition coefficient (Wildman–Crippen LogP) is 3.27. The van der Waals surface area contributed by atoms with E-state index < -0.39 is 41.3 Å². The third kappa shape index (κ3) is 7.10. The van der Waals surface area contributed by atoms with Crippen LogP contribution < -0.4 is 13.4 Å². The molecule has 0 aliphatic carbocycles. The maximum Gasteiger partial charge on any atom is 0.485 e. The van der Waals surface area contributed by atoms with E-state index in [1.165, 1.54) is 12.1 Å². The minimum absolute atomic E-state index is 0.587. The first-order chi connectivity index (χ1) is 14.3. The van der Waals surface area contributed by atoms with Gasteiger partial charge in [0.15, 0.2) is 10.1 Å². The second-order valence-corrected chi connectivity index (χ2v) is 11.5. The zero-order valence-electron chi connectivity index (χ0n) is 15.4. The van der Waals surface area contributed by atoms with Gasteiger partial charge in [-0.1, -0.05) is 0 Å². The van der Waals surface area contributed by atoms with Gasteiger partial charge in [-0.05, 0) is 0 Å². The van der Waals surface area contributed by atoms with Crippen molar-refractivity contribution < 1.29 is 39.3 Å². The van der Waals surface area contributed by atoms with E-state index in [-0.39, 0.29) is 0 Å². The minimum Gasteiger partial charge on any atom is -0.741 e. The van der Waals surface area contributed by atoms with Gasteiger partial charge >= 0.3 is 143 Å². The third-order valence-corrected chi connectivity index (χ3v) is 8.85. The summed E-state index contributed by atoms with van der Waals surface area (Å²) in [6, 6.07) is 25.3. The summed E-state index contributed by atoms with van der Waals surface area (Å²) >= 11 is -1.74. The molecule has 0 aliphatic heterocycles. The smallest absolute Gasteiger partial charge is 0.485 e. The Hall–Kier alpha value is -2.33. The Balaban J connectivity index is 0.000000366. The number of hydrogen-bond donors (Lipinski definition) is 0. The fourth-order valence-electron chi connectivity index (χ4n) is 2.32. The Morgan fingerprint density at radius 3 is 1.39 bits per heavy atom. The van der Waals surface area contributed by atoms with Crippen LogP contribution in [0.15, 0.2) is 84.9 Å². The molecule has 0 atom stereocenters. The summed E-state index contributed by atoms with van der Waals surface area (Å²) in [5.41, 5.74) is -6.23. The molecule has 11 heteroatoms. The maximum atomic E-state index is 13.1. The van der Waals surface area contributed by atoms with E-state index in [2.05, 4.69) is 0 Å². The normalized spacial score (nSPS) is 12.3. The average Bonchev–Trinajstić information content (AvgIpc) is 2.68. The molecule has 0 saturated carbocycles. The SMILES string of the molecule is FC(F)(F)c1cccc([Se+](c2ccccc2)c2ccccc2)c1.O=S(=O)([O-])C(F)(F)F. The third-order valence-electron chi connectivity index (χ3n) is 3.64. The molecule has 3 rings (SSSR count). The van der Waals surface area contributed by atoms with Crippen LogP contribution in [0.1, 0.15) is 5.56 Å². The van der Waals surface area contributed by atoms with Crippen molar-refractivity contribution in [1.29, 1.82) is 0 Å². The van der Waals surface area contributed by atoms with E-state index in [0.29, 0.717) is 0 Å². The molecule has 0 bridgehead atoms. The fraction of sp³-hybridized carbons (Fsp3) is 0.100. The van der Waals surface area contributed by atoms with E-state index in [9.17, 15) is 26.3 Å². The summed E-state index contributed by atoms with van der Waals surface area (Å²) in [5.74, 6) is 0. The largest absolute Gasteiger partial charge is 0.741 e. The molecule has 0 heterocycles. The summed E-state index contributed by atoms with van der Waals surface area (Å²) in [6.45, 7) is 0. The number of hydrogen-bond acceptors (Lipinski definition) is 3. The Kier molecular flexibility index (Phi) is 7.93. The van der Waals surface area contributed by atoms with Gasteiger partial charge in [-0.2, -0.15) is 13.2 Å². The molecule has 3 nitrogen and oxygen atoms in total. The molecule has 0 saturated heterocycles. The predicted molar refractivity (Wildman–Crippen MR) is 105 cm³/mol. The standard InChI is InChI=1S/C19H14F3Se.CHF3O3S/c20-19(21,22)15-8-7-13-18(14-15)23(16-9-3-1-4-10-16)17-11-5-2-6-12-17;2-1(3,4)8(5,6)7/h1-14H;(H,5,6,7)/q+1;/p-1. The van der Waals surface area contributed by atoms with Crippen LogP contribution in [-0.2, 0) is 16.3 Å². The van der Waals surface area contributed by atoms with Gasteiger partial charge in [0.2, 0.25) is 0 Å². The van der Waals surface area contributed by atoms with Crippen LogP contribution in [0.2, 0.25) is 0 Å². The van der Waals surface area contributed by atoms with Gasteiger partial charge < -0.3 is 4.55 Å². The van der Waals surface area contributed by atoms with Crippen LogP contribution in [-0.4, -0.2) is 32.4 Å². The van der Waals surface area contributed by atoms with Crippen molar-refractivity contribution in [3.8, 4) is 0 Å². The molecule has 0 fully saturated rings. The van der Waals surface area contributed by atoms with Crippen molar-refractivity contribution in [2.45, 2.75) is 11.7 Å². The number of halogens is 6. The summed E-state index contributed by atoms with van der Waals surface area (Å²) in [4.78, 5) is 0. The molecule has 3 aromatic carbocycles. The second-order valence-electron chi connectivity index (χ2n) is 5.86. The van der Waals surface area contributed by atoms with Gasteiger partial charge in [0, 0.05) is 0 Å². The van der Waals surface area contributed by atoms with Crippen LogP contribution in [0.25, 0.3) is 0 Å². The topological polar surface area (TPSA) is 57.2 Å². The number of benzene rings is 3. The van der Waals surface area contributed by atoms with Crippen LogP contribution in [0, 0.1) is 0 Å². The molecule has 31 heavy (non-hydrogen) atoms. The monoisotopic (exact) mass is 528 g/mol. The van der Waals surface area contributed by atoms with Gasteiger partial charge in [0.05, 0.1) is 0 Å². The Morgan fingerprint density at radius 1 is 0.645 bits per heavy atom. The summed E-state index contributed by atoms with van der Waals surface area (Å²) in [5, 5.41) is 0. The quantitative estimate of drug-likeness (QED) is 0.228. The molecular formula is C20H14F6O3SSe. The molecule has 0 unspecified atom stereocenters. The van der Waals surface area contributed by atoms with Crippen molar-refractivity contribution in [1.82, 2.24) is 0 Å². The van der Waals surface area contributed by atoms with Crippen molar-refractivity contribution in [2.75, 3.05) is 0 Å². The minimum atomic E-state index is -6.09. The maximum absolute atomic E-state index is 13.1. The number of alkyl halides is 6.